The van der Waals surface area contributed by atoms with Crippen LogP contribution in [0, 0.1) is 0 Å². The second-order valence-electron chi connectivity index (χ2n) is 2.90. The molecule has 0 unspecified atom stereocenters. The Balaban J connectivity index is 2.88. The van der Waals surface area contributed by atoms with E-state index in [0.29, 0.717) is 0 Å². The first-order valence-electron chi connectivity index (χ1n) is 3.59. The molecule has 0 aliphatic carbocycles. The second-order valence-corrected chi connectivity index (χ2v) is 4.83. The van der Waals surface area contributed by atoms with E-state index in [9.17, 15) is 21.6 Å². The molecule has 0 amide bonds. The van der Waals surface area contributed by atoms with Crippen LogP contribution in [0.2, 0.25) is 0 Å². The van der Waals surface area contributed by atoms with Crippen LogP contribution in [0.15, 0.2) is 0 Å². The van der Waals surface area contributed by atoms with Crippen LogP contribution >= 0.6 is 0 Å². The maximum absolute atomic E-state index is 11.9. The molecule has 1 rings (SSSR count). The Bertz CT molecular complexity index is 303. The fourth-order valence-corrected chi connectivity index (χ4v) is 2.07. The van der Waals surface area contributed by atoms with Crippen LogP contribution < -0.4 is 0 Å². The number of halogens is 3. The monoisotopic (exact) mass is 235 g/mol. The van der Waals surface area contributed by atoms with Crippen LogP contribution in [0.1, 0.15) is 0 Å². The highest BCUT2D eigenvalue weighted by Gasteiger charge is 2.53. The summed E-state index contributed by atoms with van der Waals surface area (Å²) in [6, 6.07) is 0. The van der Waals surface area contributed by atoms with E-state index in [0.717, 1.165) is 0 Å². The number of hydrogen-bond donors (Lipinski definition) is 2. The van der Waals surface area contributed by atoms with Gasteiger partial charge in [0.25, 0.3) is 0 Å². The van der Waals surface area contributed by atoms with Crippen LogP contribution in [0.5, 0.6) is 0 Å². The molecule has 14 heavy (non-hydrogen) atoms. The maximum Gasteiger partial charge on any atom is 0.511 e. The number of aliphatic hydroxyl groups is 2. The number of β-amino-alcohol motifs (C(OH)–C–C–N with tert-alkyl or cyclic N) is 2. The third-order valence-electron chi connectivity index (χ3n) is 1.86. The van der Waals surface area contributed by atoms with Gasteiger partial charge in [-0.1, -0.05) is 0 Å². The van der Waals surface area contributed by atoms with Crippen molar-refractivity contribution < 1.29 is 31.8 Å². The highest BCUT2D eigenvalue weighted by Crippen LogP contribution is 2.29. The smallest absolute Gasteiger partial charge is 0.389 e. The molecular weight excluding hydrogens is 227 g/mol. The zero-order chi connectivity index (χ0) is 11.1. The lowest BCUT2D eigenvalue weighted by atomic mass is 10.3. The molecule has 5 nitrogen and oxygen atoms in total. The molecular formula is C5H8F3NO4S. The van der Waals surface area contributed by atoms with Gasteiger partial charge in [-0.05, 0) is 0 Å². The molecule has 0 aromatic rings. The Kier molecular flexibility index (Phi) is 2.78. The molecule has 2 N–H and O–H groups in total. The second kappa shape index (κ2) is 3.33. The van der Waals surface area contributed by atoms with Gasteiger partial charge >= 0.3 is 15.5 Å². The summed E-state index contributed by atoms with van der Waals surface area (Å²) in [5, 5.41) is 17.7. The third-order valence-corrected chi connectivity index (χ3v) is 3.42. The molecule has 1 heterocycles. The van der Waals surface area contributed by atoms with Crippen molar-refractivity contribution in [2.75, 3.05) is 13.1 Å². The van der Waals surface area contributed by atoms with Gasteiger partial charge in [0.05, 0.1) is 12.2 Å². The van der Waals surface area contributed by atoms with Gasteiger partial charge in [0, 0.05) is 13.1 Å². The normalized spacial score (nSPS) is 30.9. The van der Waals surface area contributed by atoms with Crippen LogP contribution in [-0.2, 0) is 10.0 Å². The molecule has 0 saturated carbocycles. The number of alkyl halides is 3. The van der Waals surface area contributed by atoms with Gasteiger partial charge in [-0.25, -0.2) is 8.42 Å². The van der Waals surface area contributed by atoms with E-state index < -0.39 is 40.8 Å². The standard InChI is InChI=1S/C5H8F3NO4S/c6-5(7,8)14(12,13)9-1-3(10)4(11)2-9/h3-4,10-11H,1-2H2/t3-,4+. The molecule has 1 saturated heterocycles. The lowest BCUT2D eigenvalue weighted by molar-refractivity contribution is -0.0485. The van der Waals surface area contributed by atoms with Crippen molar-refractivity contribution in [1.29, 1.82) is 0 Å². The van der Waals surface area contributed by atoms with E-state index in [2.05, 4.69) is 0 Å². The molecule has 0 radical (unpaired) electrons. The summed E-state index contributed by atoms with van der Waals surface area (Å²) < 4.78 is 57.3. The van der Waals surface area contributed by atoms with Crippen molar-refractivity contribution in [3.63, 3.8) is 0 Å². The van der Waals surface area contributed by atoms with Crippen LogP contribution in [0.4, 0.5) is 13.2 Å². The minimum atomic E-state index is -5.43. The predicted octanol–water partition coefficient (Wildman–Crippen LogP) is -1.13. The fraction of sp³-hybridized carbons (Fsp3) is 1.00. The van der Waals surface area contributed by atoms with Crippen molar-refractivity contribution in [1.82, 2.24) is 4.31 Å². The number of aliphatic hydroxyl groups excluding tert-OH is 2. The quantitative estimate of drug-likeness (QED) is 0.603. The molecule has 1 aliphatic rings. The van der Waals surface area contributed by atoms with Gasteiger partial charge in [-0.15, -0.1) is 0 Å². The average molecular weight is 235 g/mol. The number of hydrogen-bond acceptors (Lipinski definition) is 4. The maximum atomic E-state index is 11.9. The summed E-state index contributed by atoms with van der Waals surface area (Å²) in [4.78, 5) is 0. The lowest BCUT2D eigenvalue weighted by Gasteiger charge is -2.16. The van der Waals surface area contributed by atoms with Crippen molar-refractivity contribution in [3.8, 4) is 0 Å². The van der Waals surface area contributed by atoms with Crippen LogP contribution in [0.3, 0.4) is 0 Å². The largest absolute Gasteiger partial charge is 0.511 e. The average Bonchev–Trinajstić information content (AvgIpc) is 2.30. The van der Waals surface area contributed by atoms with Crippen molar-refractivity contribution >= 4 is 10.0 Å². The van der Waals surface area contributed by atoms with E-state index in [1.54, 1.807) is 0 Å². The Hall–Kier alpha value is -0.380. The lowest BCUT2D eigenvalue weighted by Crippen LogP contribution is -2.39. The Labute approximate surface area is 77.8 Å². The van der Waals surface area contributed by atoms with Gasteiger partial charge in [0.2, 0.25) is 0 Å². The predicted molar refractivity (Wildman–Crippen MR) is 38.6 cm³/mol. The van der Waals surface area contributed by atoms with E-state index in [-0.39, 0.29) is 4.31 Å². The topological polar surface area (TPSA) is 77.8 Å². The molecule has 1 aliphatic heterocycles. The number of rotatable bonds is 1. The van der Waals surface area contributed by atoms with Gasteiger partial charge in [-0.3, -0.25) is 0 Å². The van der Waals surface area contributed by atoms with Gasteiger partial charge in [-0.2, -0.15) is 17.5 Å². The van der Waals surface area contributed by atoms with Crippen LogP contribution in [0.25, 0.3) is 0 Å². The molecule has 0 spiro atoms. The summed E-state index contributed by atoms with van der Waals surface area (Å²) in [6.07, 6.45) is -2.93. The molecule has 84 valence electrons. The summed E-state index contributed by atoms with van der Waals surface area (Å²) in [5.41, 5.74) is -5.39. The SMILES string of the molecule is O=S(=O)(N1C[C@@H](O)[C@@H](O)C1)C(F)(F)F. The van der Waals surface area contributed by atoms with Crippen molar-refractivity contribution in [2.24, 2.45) is 0 Å². The molecule has 0 aromatic heterocycles. The summed E-state index contributed by atoms with van der Waals surface area (Å²) >= 11 is 0. The number of sulfonamides is 1. The van der Waals surface area contributed by atoms with E-state index in [1.165, 1.54) is 0 Å². The first-order valence-corrected chi connectivity index (χ1v) is 5.03. The molecule has 1 fully saturated rings. The minimum absolute atomic E-state index is 0.0162. The molecule has 9 heteroatoms. The highest BCUT2D eigenvalue weighted by atomic mass is 32.2. The Morgan fingerprint density at radius 2 is 1.50 bits per heavy atom. The summed E-state index contributed by atoms with van der Waals surface area (Å²) in [7, 11) is -5.43. The van der Waals surface area contributed by atoms with Crippen LogP contribution in [-0.4, -0.2) is 53.7 Å². The van der Waals surface area contributed by atoms with Gasteiger partial charge in [0.1, 0.15) is 0 Å². The van der Waals surface area contributed by atoms with Crippen molar-refractivity contribution in [3.05, 3.63) is 0 Å². The summed E-state index contributed by atoms with van der Waals surface area (Å²) in [5.74, 6) is 0. The molecule has 0 aromatic carbocycles. The van der Waals surface area contributed by atoms with E-state index in [1.807, 2.05) is 0 Å². The molecule has 0 bridgehead atoms. The number of nitrogens with zero attached hydrogens (tertiary/aromatic N) is 1. The Morgan fingerprint density at radius 1 is 1.14 bits per heavy atom. The van der Waals surface area contributed by atoms with E-state index >= 15 is 0 Å². The zero-order valence-corrected chi connectivity index (χ0v) is 7.59. The first kappa shape index (κ1) is 11.7. The Morgan fingerprint density at radius 3 is 1.79 bits per heavy atom. The van der Waals surface area contributed by atoms with Gasteiger partial charge in [0.15, 0.2) is 0 Å². The fourth-order valence-electron chi connectivity index (χ4n) is 1.08. The minimum Gasteiger partial charge on any atom is -0.389 e. The zero-order valence-electron chi connectivity index (χ0n) is 6.77. The third kappa shape index (κ3) is 1.85. The molecule has 2 atom stereocenters. The van der Waals surface area contributed by atoms with Gasteiger partial charge < -0.3 is 10.2 Å². The van der Waals surface area contributed by atoms with E-state index in [4.69, 9.17) is 10.2 Å². The highest BCUT2D eigenvalue weighted by molar-refractivity contribution is 7.90. The first-order chi connectivity index (χ1) is 6.16. The summed E-state index contributed by atoms with van der Waals surface area (Å²) in [6.45, 7) is -1.47. The van der Waals surface area contributed by atoms with Crippen molar-refractivity contribution in [2.45, 2.75) is 17.7 Å².